The van der Waals surface area contributed by atoms with Crippen molar-refractivity contribution in [1.82, 2.24) is 28.6 Å². The fraction of sp³-hybridized carbons (Fsp3) is 0.250. The van der Waals surface area contributed by atoms with E-state index in [1.165, 1.54) is 4.31 Å². The van der Waals surface area contributed by atoms with E-state index in [4.69, 9.17) is 24.1 Å². The molecule has 0 fully saturated rings. The molecule has 0 saturated carbocycles. The average Bonchev–Trinajstić information content (AvgIpc) is 3.87. The summed E-state index contributed by atoms with van der Waals surface area (Å²) in [5, 5.41) is 17.4. The first-order valence-corrected chi connectivity index (χ1v) is 20.7. The summed E-state index contributed by atoms with van der Waals surface area (Å²) in [6.07, 6.45) is 1.80. The lowest BCUT2D eigenvalue weighted by Crippen LogP contribution is -2.31. The Bertz CT molecular complexity index is 2370. The molecule has 19 heteroatoms. The van der Waals surface area contributed by atoms with Gasteiger partial charge in [0.2, 0.25) is 10.1 Å². The van der Waals surface area contributed by atoms with Gasteiger partial charge in [0.15, 0.2) is 11.6 Å². The molecule has 0 aliphatic rings. The second-order valence-corrected chi connectivity index (χ2v) is 16.5. The van der Waals surface area contributed by atoms with Crippen molar-refractivity contribution in [3.8, 4) is 23.0 Å². The predicted octanol–water partition coefficient (Wildman–Crippen LogP) is 5.38. The molecule has 2 heterocycles. The van der Waals surface area contributed by atoms with Crippen LogP contribution < -0.4 is 18.9 Å². The molecule has 59 heavy (non-hydrogen) atoms. The van der Waals surface area contributed by atoms with Crippen LogP contribution in [0.5, 0.6) is 23.0 Å². The van der Waals surface area contributed by atoms with Crippen LogP contribution in [0.2, 0.25) is 0 Å². The van der Waals surface area contributed by atoms with E-state index in [9.17, 15) is 25.6 Å². The summed E-state index contributed by atoms with van der Waals surface area (Å²) in [4.78, 5) is 0. The van der Waals surface area contributed by atoms with Crippen LogP contribution in [-0.4, -0.2) is 85.6 Å². The van der Waals surface area contributed by atoms with Crippen LogP contribution in [0.4, 0.5) is 8.78 Å². The first kappa shape index (κ1) is 44.2. The van der Waals surface area contributed by atoms with Gasteiger partial charge in [-0.2, -0.15) is 18.8 Å². The maximum atomic E-state index is 14.5. The molecule has 2 N–H and O–H groups in total. The van der Waals surface area contributed by atoms with Crippen molar-refractivity contribution in [2.75, 3.05) is 35.0 Å². The Kier molecular flexibility index (Phi) is 15.2. The normalized spacial score (nSPS) is 11.6. The number of aromatic amines is 1. The lowest BCUT2D eigenvalue weighted by Gasteiger charge is -2.22. The number of aliphatic hydroxyl groups excluding tert-OH is 1. The third-order valence-electron chi connectivity index (χ3n) is 8.83. The van der Waals surface area contributed by atoms with Gasteiger partial charge in [0.25, 0.3) is 20.0 Å². The number of nitrogens with zero attached hydrogens (tertiary/aromatic N) is 5. The average molecular weight is 855 g/mol. The van der Waals surface area contributed by atoms with Crippen molar-refractivity contribution in [3.05, 3.63) is 143 Å². The minimum atomic E-state index is -4.27. The number of rotatable bonds is 18. The van der Waals surface area contributed by atoms with Crippen molar-refractivity contribution in [2.45, 2.75) is 42.8 Å². The number of ether oxygens (including phenoxy) is 4. The highest BCUT2D eigenvalue weighted by Crippen LogP contribution is 2.26. The highest BCUT2D eigenvalue weighted by Gasteiger charge is 2.32. The van der Waals surface area contributed by atoms with Gasteiger partial charge in [-0.1, -0.05) is 48.5 Å². The Morgan fingerprint density at radius 2 is 0.949 bits per heavy atom. The van der Waals surface area contributed by atoms with E-state index in [1.807, 2.05) is 0 Å². The monoisotopic (exact) mass is 854 g/mol. The number of methoxy groups -OCH3 is 4. The van der Waals surface area contributed by atoms with Crippen molar-refractivity contribution in [3.63, 3.8) is 0 Å². The molecule has 0 aliphatic heterocycles. The van der Waals surface area contributed by atoms with E-state index in [2.05, 4.69) is 15.3 Å². The molecular weight excluding hydrogens is 811 g/mol. The van der Waals surface area contributed by atoms with Gasteiger partial charge in [0.1, 0.15) is 23.0 Å². The number of sulfonamides is 2. The predicted molar refractivity (Wildman–Crippen MR) is 213 cm³/mol. The third-order valence-corrected chi connectivity index (χ3v) is 12.3. The molecule has 6 aromatic rings. The van der Waals surface area contributed by atoms with Gasteiger partial charge in [0, 0.05) is 26.2 Å². The van der Waals surface area contributed by atoms with Crippen LogP contribution in [0.3, 0.4) is 0 Å². The Hall–Kier alpha value is -5.86. The molecule has 0 saturated heterocycles. The molecule has 0 amide bonds. The molecule has 6 rings (SSSR count). The summed E-state index contributed by atoms with van der Waals surface area (Å²) < 4.78 is 105. The number of aromatic nitrogens is 4. The van der Waals surface area contributed by atoms with Gasteiger partial charge in [-0.25, -0.2) is 25.6 Å². The summed E-state index contributed by atoms with van der Waals surface area (Å²) >= 11 is 0. The van der Waals surface area contributed by atoms with Gasteiger partial charge >= 0.3 is 0 Å². The lowest BCUT2D eigenvalue weighted by molar-refractivity contribution is 0.268. The van der Waals surface area contributed by atoms with E-state index in [-0.39, 0.29) is 39.3 Å². The Morgan fingerprint density at radius 1 is 0.593 bits per heavy atom. The van der Waals surface area contributed by atoms with Crippen molar-refractivity contribution in [1.29, 1.82) is 0 Å². The Labute approximate surface area is 341 Å². The maximum absolute atomic E-state index is 14.5. The standard InChI is InChI=1S/C21H24FN3O5S.C19H20FN3O4S/c1-29-18-7-3-16(4-8-18)13-25(14-17-5-9-19(30-2)10-6-17)31(27,28)21-20(22)15-24(23-21)11-12-26;1-26-16-7-3-14(4-8-16)12-23(13-15-5-9-17(27-2)10-6-15)28(24,25)19-18(20)11-21-22-19/h3-10,15,26H,11-14H2,1-2H3;3-11H,12-13H2,1-2H3,(H,21,22). The second kappa shape index (κ2) is 20.2. The molecule has 15 nitrogen and oxygen atoms in total. The van der Waals surface area contributed by atoms with E-state index >= 15 is 0 Å². The summed E-state index contributed by atoms with van der Waals surface area (Å²) in [7, 11) is -2.22. The summed E-state index contributed by atoms with van der Waals surface area (Å²) in [6, 6.07) is 27.9. The van der Waals surface area contributed by atoms with E-state index < -0.39 is 41.7 Å². The fourth-order valence-electron chi connectivity index (χ4n) is 5.65. The first-order chi connectivity index (χ1) is 28.3. The molecule has 0 spiro atoms. The first-order valence-electron chi connectivity index (χ1n) is 17.9. The summed E-state index contributed by atoms with van der Waals surface area (Å²) in [5.41, 5.74) is 2.87. The van der Waals surface area contributed by atoms with Gasteiger partial charge in [-0.15, -0.1) is 0 Å². The van der Waals surface area contributed by atoms with Crippen molar-refractivity contribution >= 4 is 20.0 Å². The largest absolute Gasteiger partial charge is 0.497 e. The van der Waals surface area contributed by atoms with Gasteiger partial charge in [-0.05, 0) is 70.8 Å². The summed E-state index contributed by atoms with van der Waals surface area (Å²) in [5.74, 6) is 0.711. The second-order valence-electron chi connectivity index (χ2n) is 12.8. The number of hydrogen-bond acceptors (Lipinski definition) is 11. The minimum absolute atomic E-state index is 0.00462. The molecule has 0 atom stereocenters. The quantitative estimate of drug-likeness (QED) is 0.113. The molecular formula is C40H44F2N6O9S2. The number of hydrogen-bond donors (Lipinski definition) is 2. The molecule has 0 radical (unpaired) electrons. The Morgan fingerprint density at radius 3 is 1.25 bits per heavy atom. The fourth-order valence-corrected chi connectivity index (χ4v) is 8.41. The molecule has 0 unspecified atom stereocenters. The van der Waals surface area contributed by atoms with Crippen LogP contribution in [0.1, 0.15) is 22.3 Å². The van der Waals surface area contributed by atoms with Gasteiger partial charge in [-0.3, -0.25) is 9.78 Å². The van der Waals surface area contributed by atoms with Crippen LogP contribution in [0.15, 0.2) is 120 Å². The number of nitrogens with one attached hydrogen (secondary N) is 1. The zero-order valence-corrected chi connectivity index (χ0v) is 34.3. The van der Waals surface area contributed by atoms with Crippen LogP contribution in [0, 0.1) is 11.6 Å². The smallest absolute Gasteiger partial charge is 0.265 e. The maximum Gasteiger partial charge on any atom is 0.265 e. The molecule has 2 aromatic heterocycles. The topological polar surface area (TPSA) is 178 Å². The number of halogens is 2. The molecule has 314 valence electrons. The summed E-state index contributed by atoms with van der Waals surface area (Å²) in [6.45, 7) is -0.186. The highest BCUT2D eigenvalue weighted by molar-refractivity contribution is 7.89. The van der Waals surface area contributed by atoms with Crippen LogP contribution >= 0.6 is 0 Å². The number of H-pyrrole nitrogens is 1. The van der Waals surface area contributed by atoms with Gasteiger partial charge in [0.05, 0.1) is 54.0 Å². The molecule has 0 bridgehead atoms. The SMILES string of the molecule is COc1ccc(CN(Cc2ccc(OC)cc2)S(=O)(=O)c2[nH]ncc2F)cc1.COc1ccc(CN(Cc2ccc(OC)cc2)S(=O)(=O)c2nn(CCO)cc2F)cc1. The molecule has 4 aromatic carbocycles. The minimum Gasteiger partial charge on any atom is -0.497 e. The van der Waals surface area contributed by atoms with Crippen LogP contribution in [-0.2, 0) is 52.8 Å². The van der Waals surface area contributed by atoms with E-state index in [1.54, 1.807) is 126 Å². The highest BCUT2D eigenvalue weighted by atomic mass is 32.2. The zero-order valence-electron chi connectivity index (χ0n) is 32.7. The van der Waals surface area contributed by atoms with Crippen molar-refractivity contribution < 1.29 is 49.7 Å². The van der Waals surface area contributed by atoms with E-state index in [0.29, 0.717) is 34.1 Å². The lowest BCUT2D eigenvalue weighted by atomic mass is 10.2. The third kappa shape index (κ3) is 11.4. The molecule has 0 aliphatic carbocycles. The van der Waals surface area contributed by atoms with Gasteiger partial charge < -0.3 is 24.1 Å². The zero-order chi connectivity index (χ0) is 42.6. The van der Waals surface area contributed by atoms with Crippen molar-refractivity contribution in [2.24, 2.45) is 0 Å². The van der Waals surface area contributed by atoms with Crippen LogP contribution in [0.25, 0.3) is 0 Å². The van der Waals surface area contributed by atoms with E-state index in [0.717, 1.165) is 32.5 Å². The number of benzene rings is 4. The Balaban J connectivity index is 0.000000225. The number of aliphatic hydroxyl groups is 1.